The number of rotatable bonds is 5. The molecule has 0 aromatic heterocycles. The lowest BCUT2D eigenvalue weighted by molar-refractivity contribution is -0.128. The summed E-state index contributed by atoms with van der Waals surface area (Å²) in [5, 5.41) is 0. The van der Waals surface area contributed by atoms with Gasteiger partial charge in [0.1, 0.15) is 11.5 Å². The lowest BCUT2D eigenvalue weighted by Gasteiger charge is -2.16. The van der Waals surface area contributed by atoms with Gasteiger partial charge in [-0.2, -0.15) is 0 Å². The Morgan fingerprint density at radius 2 is 1.58 bits per heavy atom. The molecule has 0 aliphatic carbocycles. The van der Waals surface area contributed by atoms with Crippen molar-refractivity contribution < 1.29 is 19.1 Å². The number of nitrogens with one attached hydrogen (secondary N) is 2. The Hall–Kier alpha value is -3.02. The van der Waals surface area contributed by atoms with E-state index in [0.717, 1.165) is 5.56 Å². The van der Waals surface area contributed by atoms with Crippen LogP contribution in [0.15, 0.2) is 48.5 Å². The van der Waals surface area contributed by atoms with Gasteiger partial charge in [-0.15, -0.1) is 0 Å². The maximum atomic E-state index is 12.1. The van der Waals surface area contributed by atoms with Gasteiger partial charge in [0.25, 0.3) is 11.8 Å². The molecule has 2 aromatic rings. The van der Waals surface area contributed by atoms with E-state index < -0.39 is 17.9 Å². The summed E-state index contributed by atoms with van der Waals surface area (Å²) < 4.78 is 10.7. The zero-order valence-electron chi connectivity index (χ0n) is 13.8. The number of hydrazine groups is 1. The molecule has 2 amide bonds. The van der Waals surface area contributed by atoms with E-state index in [0.29, 0.717) is 17.1 Å². The highest BCUT2D eigenvalue weighted by molar-refractivity contribution is 5.98. The van der Waals surface area contributed by atoms with Crippen LogP contribution < -0.4 is 20.3 Å². The first kappa shape index (κ1) is 17.3. The van der Waals surface area contributed by atoms with Crippen molar-refractivity contribution in [2.24, 2.45) is 0 Å². The highest BCUT2D eigenvalue weighted by Gasteiger charge is 2.17. The van der Waals surface area contributed by atoms with Crippen LogP contribution in [0.4, 0.5) is 0 Å². The van der Waals surface area contributed by atoms with Gasteiger partial charge in [0, 0.05) is 0 Å². The second-order valence-electron chi connectivity index (χ2n) is 5.17. The number of para-hydroxylation sites is 2. The number of benzene rings is 2. The molecule has 0 aliphatic rings. The molecule has 2 rings (SSSR count). The Bertz CT molecular complexity index is 730. The van der Waals surface area contributed by atoms with Crippen LogP contribution in [-0.2, 0) is 4.79 Å². The fourth-order valence-corrected chi connectivity index (χ4v) is 2.05. The minimum atomic E-state index is -0.760. The van der Waals surface area contributed by atoms with Gasteiger partial charge in [-0.3, -0.25) is 20.4 Å². The molecule has 0 fully saturated rings. The standard InChI is InChI=1S/C18H20N2O4/c1-12-8-4-6-10-15(12)24-13(2)17(21)19-20-18(22)14-9-5-7-11-16(14)23-3/h4-11,13H,1-3H3,(H,19,21)(H,20,22). The molecule has 0 saturated carbocycles. The first-order valence-corrected chi connectivity index (χ1v) is 7.48. The molecule has 126 valence electrons. The summed E-state index contributed by atoms with van der Waals surface area (Å²) in [4.78, 5) is 24.2. The monoisotopic (exact) mass is 328 g/mol. The Balaban J connectivity index is 1.92. The van der Waals surface area contributed by atoms with E-state index in [-0.39, 0.29) is 0 Å². The fraction of sp³-hybridized carbons (Fsp3) is 0.222. The number of hydrogen-bond acceptors (Lipinski definition) is 4. The van der Waals surface area contributed by atoms with Gasteiger partial charge in [0.05, 0.1) is 12.7 Å². The maximum absolute atomic E-state index is 12.1. The van der Waals surface area contributed by atoms with E-state index in [1.54, 1.807) is 37.3 Å². The van der Waals surface area contributed by atoms with E-state index in [4.69, 9.17) is 9.47 Å². The van der Waals surface area contributed by atoms with Crippen molar-refractivity contribution in [1.82, 2.24) is 10.9 Å². The lowest BCUT2D eigenvalue weighted by atomic mass is 10.2. The summed E-state index contributed by atoms with van der Waals surface area (Å²) >= 11 is 0. The van der Waals surface area contributed by atoms with Crippen molar-refractivity contribution in [2.75, 3.05) is 7.11 Å². The topological polar surface area (TPSA) is 76.7 Å². The molecule has 24 heavy (non-hydrogen) atoms. The molecule has 6 heteroatoms. The van der Waals surface area contributed by atoms with Crippen LogP contribution in [0.25, 0.3) is 0 Å². The number of methoxy groups -OCH3 is 1. The quantitative estimate of drug-likeness (QED) is 0.825. The van der Waals surface area contributed by atoms with E-state index >= 15 is 0 Å². The zero-order chi connectivity index (χ0) is 17.5. The van der Waals surface area contributed by atoms with Gasteiger partial charge >= 0.3 is 0 Å². The van der Waals surface area contributed by atoms with Crippen LogP contribution in [0.1, 0.15) is 22.8 Å². The van der Waals surface area contributed by atoms with Crippen molar-refractivity contribution in [1.29, 1.82) is 0 Å². The predicted molar refractivity (Wildman–Crippen MR) is 89.9 cm³/mol. The van der Waals surface area contributed by atoms with E-state index in [9.17, 15) is 9.59 Å². The van der Waals surface area contributed by atoms with Crippen LogP contribution >= 0.6 is 0 Å². The number of hydrogen-bond donors (Lipinski definition) is 2. The van der Waals surface area contributed by atoms with E-state index in [1.165, 1.54) is 7.11 Å². The molecule has 1 atom stereocenters. The number of carbonyl (C=O) groups excluding carboxylic acids is 2. The highest BCUT2D eigenvalue weighted by Crippen LogP contribution is 2.18. The van der Waals surface area contributed by atoms with Gasteiger partial charge in [-0.25, -0.2) is 0 Å². The highest BCUT2D eigenvalue weighted by atomic mass is 16.5. The van der Waals surface area contributed by atoms with Gasteiger partial charge in [0.2, 0.25) is 0 Å². The zero-order valence-corrected chi connectivity index (χ0v) is 13.8. The smallest absolute Gasteiger partial charge is 0.279 e. The molecule has 0 heterocycles. The molecular formula is C18H20N2O4. The average Bonchev–Trinajstić information content (AvgIpc) is 2.61. The van der Waals surface area contributed by atoms with Crippen molar-refractivity contribution in [3.05, 3.63) is 59.7 Å². The van der Waals surface area contributed by atoms with Crippen LogP contribution in [0.2, 0.25) is 0 Å². The number of aryl methyl sites for hydroxylation is 1. The second kappa shape index (κ2) is 8.01. The summed E-state index contributed by atoms with van der Waals surface area (Å²) in [6, 6.07) is 14.1. The van der Waals surface area contributed by atoms with Crippen molar-refractivity contribution in [2.45, 2.75) is 20.0 Å². The maximum Gasteiger partial charge on any atom is 0.279 e. The van der Waals surface area contributed by atoms with E-state index in [1.807, 2.05) is 25.1 Å². The van der Waals surface area contributed by atoms with Crippen LogP contribution in [0.3, 0.4) is 0 Å². The van der Waals surface area contributed by atoms with Gasteiger partial charge in [-0.1, -0.05) is 30.3 Å². The lowest BCUT2D eigenvalue weighted by Crippen LogP contribution is -2.47. The summed E-state index contributed by atoms with van der Waals surface area (Å²) in [5.74, 6) is 0.120. The first-order chi connectivity index (χ1) is 11.5. The predicted octanol–water partition coefficient (Wildman–Crippen LogP) is 2.23. The third-order valence-corrected chi connectivity index (χ3v) is 3.42. The van der Waals surface area contributed by atoms with Crippen LogP contribution in [0.5, 0.6) is 11.5 Å². The van der Waals surface area contributed by atoms with Crippen LogP contribution in [0, 0.1) is 6.92 Å². The molecule has 0 spiro atoms. The molecule has 0 saturated heterocycles. The average molecular weight is 328 g/mol. The first-order valence-electron chi connectivity index (χ1n) is 7.48. The van der Waals surface area contributed by atoms with E-state index in [2.05, 4.69) is 10.9 Å². The van der Waals surface area contributed by atoms with Crippen LogP contribution in [-0.4, -0.2) is 25.0 Å². The SMILES string of the molecule is COc1ccccc1C(=O)NNC(=O)C(C)Oc1ccccc1C. The normalized spacial score (nSPS) is 11.3. The molecule has 0 aliphatic heterocycles. The second-order valence-corrected chi connectivity index (χ2v) is 5.17. The molecule has 0 radical (unpaired) electrons. The summed E-state index contributed by atoms with van der Waals surface area (Å²) in [6.45, 7) is 3.50. The minimum absolute atomic E-state index is 0.327. The minimum Gasteiger partial charge on any atom is -0.496 e. The third kappa shape index (κ3) is 4.25. The molecule has 1 unspecified atom stereocenters. The van der Waals surface area contributed by atoms with Gasteiger partial charge in [0.15, 0.2) is 6.10 Å². The molecule has 2 N–H and O–H groups in total. The summed E-state index contributed by atoms with van der Waals surface area (Å²) in [6.07, 6.45) is -0.760. The summed E-state index contributed by atoms with van der Waals surface area (Å²) in [5.41, 5.74) is 5.96. The number of amides is 2. The van der Waals surface area contributed by atoms with Crippen molar-refractivity contribution in [3.8, 4) is 11.5 Å². The van der Waals surface area contributed by atoms with Crippen molar-refractivity contribution >= 4 is 11.8 Å². The van der Waals surface area contributed by atoms with Crippen molar-refractivity contribution in [3.63, 3.8) is 0 Å². The van der Waals surface area contributed by atoms with Gasteiger partial charge < -0.3 is 9.47 Å². The number of carbonyl (C=O) groups is 2. The molecule has 0 bridgehead atoms. The number of ether oxygens (including phenoxy) is 2. The fourth-order valence-electron chi connectivity index (χ4n) is 2.05. The largest absolute Gasteiger partial charge is 0.496 e. The third-order valence-electron chi connectivity index (χ3n) is 3.42. The summed E-state index contributed by atoms with van der Waals surface area (Å²) in [7, 11) is 1.48. The Labute approximate surface area is 140 Å². The molecule has 2 aromatic carbocycles. The molecular weight excluding hydrogens is 308 g/mol. The van der Waals surface area contributed by atoms with Gasteiger partial charge in [-0.05, 0) is 37.6 Å². The molecule has 6 nitrogen and oxygen atoms in total. The Kier molecular flexibility index (Phi) is 5.78. The Morgan fingerprint density at radius 1 is 0.958 bits per heavy atom. The Morgan fingerprint density at radius 3 is 2.25 bits per heavy atom.